The van der Waals surface area contributed by atoms with E-state index in [1.54, 1.807) is 20.8 Å². The molecule has 6 nitrogen and oxygen atoms in total. The first-order valence-electron chi connectivity index (χ1n) is 7.43. The summed E-state index contributed by atoms with van der Waals surface area (Å²) in [5, 5.41) is 2.51. The minimum atomic E-state index is -4.67. The summed E-state index contributed by atoms with van der Waals surface area (Å²) in [6.45, 7) is 5.18. The molecule has 138 valence electrons. The number of halogens is 3. The molecule has 0 fully saturated rings. The van der Waals surface area contributed by atoms with Crippen molar-refractivity contribution in [1.29, 1.82) is 0 Å². The van der Waals surface area contributed by atoms with E-state index in [-0.39, 0.29) is 17.9 Å². The van der Waals surface area contributed by atoms with Gasteiger partial charge in [-0.1, -0.05) is 6.07 Å². The molecule has 1 heterocycles. The molecule has 1 aromatic heterocycles. The Hall–Kier alpha value is -2.45. The average Bonchev–Trinajstić information content (AvgIpc) is 2.43. The number of carbonyl (C=O) groups is 3. The van der Waals surface area contributed by atoms with Gasteiger partial charge in [-0.05, 0) is 26.8 Å². The molecule has 0 unspecified atom stereocenters. The van der Waals surface area contributed by atoms with Gasteiger partial charge in [0.25, 0.3) is 0 Å². The van der Waals surface area contributed by atoms with Crippen LogP contribution < -0.4 is 10.1 Å². The fourth-order valence-electron chi connectivity index (χ4n) is 1.83. The van der Waals surface area contributed by atoms with Gasteiger partial charge in [0.2, 0.25) is 5.88 Å². The first kappa shape index (κ1) is 20.6. The molecule has 1 amide bonds. The molecule has 0 spiro atoms. The predicted molar refractivity (Wildman–Crippen MR) is 82.3 cm³/mol. The van der Waals surface area contributed by atoms with Crippen molar-refractivity contribution in [3.8, 4) is 5.88 Å². The highest BCUT2D eigenvalue weighted by Gasteiger charge is 2.40. The number of aldehydes is 1. The van der Waals surface area contributed by atoms with Gasteiger partial charge >= 0.3 is 12.3 Å². The van der Waals surface area contributed by atoms with E-state index >= 15 is 0 Å². The highest BCUT2D eigenvalue weighted by molar-refractivity contribution is 5.94. The molecule has 0 aliphatic heterocycles. The van der Waals surface area contributed by atoms with Crippen molar-refractivity contribution in [2.45, 2.75) is 45.3 Å². The summed E-state index contributed by atoms with van der Waals surface area (Å²) >= 11 is 0. The second kappa shape index (κ2) is 8.09. The van der Waals surface area contributed by atoms with Crippen LogP contribution >= 0.6 is 0 Å². The lowest BCUT2D eigenvalue weighted by Crippen LogP contribution is -2.42. The highest BCUT2D eigenvalue weighted by Crippen LogP contribution is 2.31. The number of nitrogens with zero attached hydrogens (tertiary/aromatic N) is 1. The largest absolute Gasteiger partial charge is 0.414 e. The topological polar surface area (TPSA) is 85.4 Å². The molecule has 0 radical (unpaired) electrons. The van der Waals surface area contributed by atoms with Gasteiger partial charge < -0.3 is 14.8 Å². The SMILES string of the molecule is CC(C)(C)NC(=O)Oc1cccc(C(=O)C[C@@H](CC=O)C(F)(F)F)n1. The average molecular weight is 360 g/mol. The molecular formula is C16H19F3N2O4. The molecule has 1 atom stereocenters. The van der Waals surface area contributed by atoms with Gasteiger partial charge in [0.15, 0.2) is 5.78 Å². The van der Waals surface area contributed by atoms with Crippen LogP contribution in [0.4, 0.5) is 18.0 Å². The lowest BCUT2D eigenvalue weighted by atomic mass is 9.97. The van der Waals surface area contributed by atoms with Gasteiger partial charge in [0, 0.05) is 24.4 Å². The Morgan fingerprint density at radius 1 is 1.28 bits per heavy atom. The molecule has 25 heavy (non-hydrogen) atoms. The molecule has 0 saturated carbocycles. The van der Waals surface area contributed by atoms with Crippen LogP contribution in [-0.2, 0) is 4.79 Å². The smallest absolute Gasteiger partial charge is 0.391 e. The van der Waals surface area contributed by atoms with E-state index < -0.39 is 42.4 Å². The van der Waals surface area contributed by atoms with E-state index in [4.69, 9.17) is 4.74 Å². The third-order valence-corrected chi connectivity index (χ3v) is 2.96. The van der Waals surface area contributed by atoms with Crippen LogP contribution in [0.25, 0.3) is 0 Å². The number of amides is 1. The zero-order valence-corrected chi connectivity index (χ0v) is 14.0. The maximum Gasteiger partial charge on any atom is 0.414 e. The summed E-state index contributed by atoms with van der Waals surface area (Å²) in [5.74, 6) is -3.19. The Kier molecular flexibility index (Phi) is 6.66. The normalized spacial score (nSPS) is 13.0. The summed E-state index contributed by atoms with van der Waals surface area (Å²) in [6.07, 6.45) is -7.07. The standard InChI is InChI=1S/C16H19F3N2O4/c1-15(2,3)21-14(24)25-13-6-4-5-11(20-13)12(23)9-10(7-8-22)16(17,18)19/h4-6,8,10H,7,9H2,1-3H3,(H,21,24)/t10-/m1/s1. The third-order valence-electron chi connectivity index (χ3n) is 2.96. The molecule has 0 aliphatic carbocycles. The van der Waals surface area contributed by atoms with E-state index in [2.05, 4.69) is 10.3 Å². The number of nitrogens with one attached hydrogen (secondary N) is 1. The van der Waals surface area contributed by atoms with Gasteiger partial charge in [-0.25, -0.2) is 9.78 Å². The molecule has 0 bridgehead atoms. The Balaban J connectivity index is 2.84. The number of hydrogen-bond acceptors (Lipinski definition) is 5. The van der Waals surface area contributed by atoms with Crippen LogP contribution in [0.3, 0.4) is 0 Å². The van der Waals surface area contributed by atoms with Crippen molar-refractivity contribution in [3.63, 3.8) is 0 Å². The molecule has 0 aromatic carbocycles. The molecule has 1 N–H and O–H groups in total. The lowest BCUT2D eigenvalue weighted by molar-refractivity contribution is -0.175. The maximum atomic E-state index is 12.8. The summed E-state index contributed by atoms with van der Waals surface area (Å²) in [5.41, 5.74) is -0.833. The van der Waals surface area contributed by atoms with Crippen LogP contribution in [0.1, 0.15) is 44.1 Å². The predicted octanol–water partition coefficient (Wildman–Crippen LogP) is 3.31. The van der Waals surface area contributed by atoms with E-state index in [1.165, 1.54) is 18.2 Å². The Labute approximate surface area is 142 Å². The van der Waals surface area contributed by atoms with E-state index in [9.17, 15) is 27.6 Å². The molecule has 0 aliphatic rings. The molecule has 0 saturated heterocycles. The van der Waals surface area contributed by atoms with Gasteiger partial charge in [-0.2, -0.15) is 13.2 Å². The van der Waals surface area contributed by atoms with Gasteiger partial charge in [0.05, 0.1) is 5.92 Å². The summed E-state index contributed by atoms with van der Waals surface area (Å²) in [4.78, 5) is 37.8. The minimum absolute atomic E-state index is 0.120. The number of rotatable bonds is 6. The van der Waals surface area contributed by atoms with Gasteiger partial charge in [0.1, 0.15) is 12.0 Å². The van der Waals surface area contributed by atoms with Crippen molar-refractivity contribution >= 4 is 18.2 Å². The van der Waals surface area contributed by atoms with Crippen molar-refractivity contribution < 1.29 is 32.3 Å². The molecule has 1 aromatic rings. The zero-order chi connectivity index (χ0) is 19.3. The summed E-state index contributed by atoms with van der Waals surface area (Å²) < 4.78 is 43.3. The van der Waals surface area contributed by atoms with E-state index in [0.29, 0.717) is 0 Å². The number of carbonyl (C=O) groups excluding carboxylic acids is 3. The van der Waals surface area contributed by atoms with Crippen molar-refractivity contribution in [2.24, 2.45) is 5.92 Å². The van der Waals surface area contributed by atoms with Crippen LogP contribution in [0.2, 0.25) is 0 Å². The second-order valence-corrected chi connectivity index (χ2v) is 6.39. The van der Waals surface area contributed by atoms with Gasteiger partial charge in [-0.3, -0.25) is 4.79 Å². The number of ketones is 1. The Bertz CT molecular complexity index is 639. The number of aromatic nitrogens is 1. The van der Waals surface area contributed by atoms with Gasteiger partial charge in [-0.15, -0.1) is 0 Å². The first-order valence-corrected chi connectivity index (χ1v) is 7.43. The fraction of sp³-hybridized carbons (Fsp3) is 0.500. The number of hydrogen-bond donors (Lipinski definition) is 1. The molecule has 9 heteroatoms. The van der Waals surface area contributed by atoms with Crippen LogP contribution in [0, 0.1) is 5.92 Å². The minimum Gasteiger partial charge on any atom is -0.391 e. The van der Waals surface area contributed by atoms with Crippen LogP contribution in [-0.4, -0.2) is 34.9 Å². The monoisotopic (exact) mass is 360 g/mol. The first-order chi connectivity index (χ1) is 11.4. The van der Waals surface area contributed by atoms with Crippen LogP contribution in [0.5, 0.6) is 5.88 Å². The van der Waals surface area contributed by atoms with Crippen molar-refractivity contribution in [1.82, 2.24) is 10.3 Å². The van der Waals surface area contributed by atoms with E-state index in [1.807, 2.05) is 0 Å². The maximum absolute atomic E-state index is 12.8. The lowest BCUT2D eigenvalue weighted by Gasteiger charge is -2.19. The third kappa shape index (κ3) is 7.32. The Morgan fingerprint density at radius 2 is 1.92 bits per heavy atom. The van der Waals surface area contributed by atoms with E-state index in [0.717, 1.165) is 0 Å². The van der Waals surface area contributed by atoms with Crippen molar-refractivity contribution in [3.05, 3.63) is 23.9 Å². The van der Waals surface area contributed by atoms with Crippen LogP contribution in [0.15, 0.2) is 18.2 Å². The fourth-order valence-corrected chi connectivity index (χ4v) is 1.83. The summed E-state index contributed by atoms with van der Waals surface area (Å²) in [6, 6.07) is 3.85. The number of ether oxygens (including phenoxy) is 1. The zero-order valence-electron chi connectivity index (χ0n) is 14.0. The molecule has 1 rings (SSSR count). The second-order valence-electron chi connectivity index (χ2n) is 6.39. The number of pyridine rings is 1. The summed E-state index contributed by atoms with van der Waals surface area (Å²) in [7, 11) is 0. The number of Topliss-reactive ketones (excluding diaryl/α,β-unsaturated/α-hetero) is 1. The quantitative estimate of drug-likeness (QED) is 0.621. The highest BCUT2D eigenvalue weighted by atomic mass is 19.4. The van der Waals surface area contributed by atoms with Crippen molar-refractivity contribution in [2.75, 3.05) is 0 Å². The Morgan fingerprint density at radius 3 is 2.44 bits per heavy atom. The number of alkyl halides is 3. The molecular weight excluding hydrogens is 341 g/mol.